The zero-order valence-electron chi connectivity index (χ0n) is 12.0. The molecule has 0 saturated heterocycles. The van der Waals surface area contributed by atoms with E-state index in [2.05, 4.69) is 12.2 Å². The summed E-state index contributed by atoms with van der Waals surface area (Å²) >= 11 is 0. The van der Waals surface area contributed by atoms with Crippen molar-refractivity contribution in [3.8, 4) is 5.75 Å². The quantitative estimate of drug-likeness (QED) is 0.794. The van der Waals surface area contributed by atoms with Crippen LogP contribution in [0.15, 0.2) is 24.3 Å². The van der Waals surface area contributed by atoms with Gasteiger partial charge in [0.05, 0.1) is 13.2 Å². The molecule has 1 aromatic rings. The summed E-state index contributed by atoms with van der Waals surface area (Å²) in [5.74, 6) is 0.789. The second-order valence-corrected chi connectivity index (χ2v) is 4.82. The van der Waals surface area contributed by atoms with Gasteiger partial charge in [0.2, 0.25) is 5.91 Å². The highest BCUT2D eigenvalue weighted by Crippen LogP contribution is 2.18. The van der Waals surface area contributed by atoms with Gasteiger partial charge in [-0.15, -0.1) is 0 Å². The lowest BCUT2D eigenvalue weighted by Crippen LogP contribution is -2.33. The van der Waals surface area contributed by atoms with Crippen LogP contribution in [0, 0.1) is 0 Å². The topological polar surface area (TPSA) is 64.4 Å². The van der Waals surface area contributed by atoms with Crippen molar-refractivity contribution in [1.29, 1.82) is 0 Å². The molecule has 106 valence electrons. The van der Waals surface area contributed by atoms with Gasteiger partial charge in [-0.25, -0.2) is 0 Å². The van der Waals surface area contributed by atoms with Gasteiger partial charge in [0.25, 0.3) is 0 Å². The van der Waals surface area contributed by atoms with Gasteiger partial charge in [-0.05, 0) is 31.0 Å². The summed E-state index contributed by atoms with van der Waals surface area (Å²) in [6.07, 6.45) is 2.25. The summed E-state index contributed by atoms with van der Waals surface area (Å²) in [4.78, 5) is 11.8. The maximum absolute atomic E-state index is 11.8. The van der Waals surface area contributed by atoms with E-state index in [1.54, 1.807) is 7.11 Å². The minimum absolute atomic E-state index is 0.00345. The van der Waals surface area contributed by atoms with Crippen LogP contribution in [0.5, 0.6) is 5.75 Å². The molecule has 19 heavy (non-hydrogen) atoms. The number of amides is 1. The monoisotopic (exact) mass is 264 g/mol. The number of hydrogen-bond donors (Lipinski definition) is 2. The zero-order chi connectivity index (χ0) is 14.3. The van der Waals surface area contributed by atoms with Gasteiger partial charge in [0.15, 0.2) is 0 Å². The van der Waals surface area contributed by atoms with Crippen LogP contribution in [0.2, 0.25) is 0 Å². The Kier molecular flexibility index (Phi) is 6.36. The summed E-state index contributed by atoms with van der Waals surface area (Å²) < 4.78 is 5.17. The zero-order valence-corrected chi connectivity index (χ0v) is 12.0. The molecule has 2 unspecified atom stereocenters. The average Bonchev–Trinajstić information content (AvgIpc) is 2.38. The number of methoxy groups -OCH3 is 1. The first kappa shape index (κ1) is 15.5. The first-order chi connectivity index (χ1) is 9.06. The maximum atomic E-state index is 11.8. The minimum Gasteiger partial charge on any atom is -0.497 e. The molecule has 0 aliphatic carbocycles. The molecule has 0 saturated carbocycles. The molecule has 4 nitrogen and oxygen atoms in total. The lowest BCUT2D eigenvalue weighted by molar-refractivity contribution is -0.122. The van der Waals surface area contributed by atoms with E-state index in [-0.39, 0.29) is 18.0 Å². The van der Waals surface area contributed by atoms with Gasteiger partial charge in [0.1, 0.15) is 5.75 Å². The van der Waals surface area contributed by atoms with E-state index in [4.69, 9.17) is 10.5 Å². The molecule has 1 rings (SSSR count). The molecular weight excluding hydrogens is 240 g/mol. The third-order valence-corrected chi connectivity index (χ3v) is 3.08. The van der Waals surface area contributed by atoms with Crippen molar-refractivity contribution in [2.24, 2.45) is 5.73 Å². The van der Waals surface area contributed by atoms with Crippen molar-refractivity contribution in [3.63, 3.8) is 0 Å². The van der Waals surface area contributed by atoms with Gasteiger partial charge in [-0.3, -0.25) is 4.79 Å². The van der Waals surface area contributed by atoms with E-state index in [1.807, 2.05) is 31.2 Å². The Morgan fingerprint density at radius 1 is 1.47 bits per heavy atom. The third kappa shape index (κ3) is 5.30. The highest BCUT2D eigenvalue weighted by Gasteiger charge is 2.13. The molecule has 0 radical (unpaired) electrons. The van der Waals surface area contributed by atoms with Crippen LogP contribution in [0.25, 0.3) is 0 Å². The van der Waals surface area contributed by atoms with Crippen molar-refractivity contribution in [3.05, 3.63) is 29.8 Å². The summed E-state index contributed by atoms with van der Waals surface area (Å²) in [6.45, 7) is 4.02. The van der Waals surface area contributed by atoms with Crippen molar-refractivity contribution in [1.82, 2.24) is 5.32 Å². The third-order valence-electron chi connectivity index (χ3n) is 3.08. The predicted octanol–water partition coefficient (Wildman–Crippen LogP) is 2.39. The first-order valence-corrected chi connectivity index (χ1v) is 6.75. The maximum Gasteiger partial charge on any atom is 0.222 e. The number of hydrogen-bond acceptors (Lipinski definition) is 3. The minimum atomic E-state index is -0.0532. The van der Waals surface area contributed by atoms with Gasteiger partial charge in [-0.1, -0.05) is 25.5 Å². The molecule has 0 bridgehead atoms. The molecule has 0 spiro atoms. The number of nitrogens with two attached hydrogens (primary N) is 1. The highest BCUT2D eigenvalue weighted by molar-refractivity contribution is 5.77. The molecular formula is C15H24N2O2. The lowest BCUT2D eigenvalue weighted by atomic mass is 10.1. The van der Waals surface area contributed by atoms with Gasteiger partial charge in [-0.2, -0.15) is 0 Å². The predicted molar refractivity (Wildman–Crippen MR) is 77.1 cm³/mol. The summed E-state index contributed by atoms with van der Waals surface area (Å²) in [5, 5.41) is 2.96. The second kappa shape index (κ2) is 7.79. The standard InChI is InChI=1S/C15H24N2O2/c1-4-6-13(16)10-15(18)17-11(2)12-7-5-8-14(9-12)19-3/h5,7-9,11,13H,4,6,10,16H2,1-3H3,(H,17,18). The largest absolute Gasteiger partial charge is 0.497 e. The molecule has 0 aromatic heterocycles. The SMILES string of the molecule is CCCC(N)CC(=O)NC(C)c1cccc(OC)c1. The first-order valence-electron chi connectivity index (χ1n) is 6.75. The highest BCUT2D eigenvalue weighted by atomic mass is 16.5. The van der Waals surface area contributed by atoms with Gasteiger partial charge < -0.3 is 15.8 Å². The molecule has 3 N–H and O–H groups in total. The van der Waals surface area contributed by atoms with Gasteiger partial charge in [0, 0.05) is 12.5 Å². The van der Waals surface area contributed by atoms with E-state index in [1.165, 1.54) is 0 Å². The number of nitrogens with one attached hydrogen (secondary N) is 1. The Labute approximate surface area is 115 Å². The van der Waals surface area contributed by atoms with Crippen LogP contribution >= 0.6 is 0 Å². The van der Waals surface area contributed by atoms with Crippen LogP contribution in [0.3, 0.4) is 0 Å². The van der Waals surface area contributed by atoms with Crippen molar-refractivity contribution >= 4 is 5.91 Å². The number of carbonyl (C=O) groups is 1. The molecule has 0 aliphatic rings. The van der Waals surface area contributed by atoms with Crippen LogP contribution in [-0.4, -0.2) is 19.1 Å². The van der Waals surface area contributed by atoms with Crippen LogP contribution in [0.4, 0.5) is 0 Å². The van der Waals surface area contributed by atoms with Gasteiger partial charge >= 0.3 is 0 Å². The normalized spacial score (nSPS) is 13.7. The number of ether oxygens (including phenoxy) is 1. The fourth-order valence-electron chi connectivity index (χ4n) is 2.01. The van der Waals surface area contributed by atoms with Crippen molar-refractivity contribution in [2.75, 3.05) is 7.11 Å². The van der Waals surface area contributed by atoms with E-state index in [9.17, 15) is 4.79 Å². The van der Waals surface area contributed by atoms with Crippen LogP contribution < -0.4 is 15.8 Å². The number of carbonyl (C=O) groups excluding carboxylic acids is 1. The molecule has 4 heteroatoms. The number of rotatable bonds is 7. The summed E-state index contributed by atoms with van der Waals surface area (Å²) in [6, 6.07) is 7.60. The fourth-order valence-corrected chi connectivity index (χ4v) is 2.01. The molecule has 0 heterocycles. The van der Waals surface area contributed by atoms with Crippen molar-refractivity contribution in [2.45, 2.75) is 45.2 Å². The molecule has 0 aliphatic heterocycles. The Morgan fingerprint density at radius 3 is 2.84 bits per heavy atom. The van der Waals surface area contributed by atoms with Crippen LogP contribution in [0.1, 0.15) is 44.7 Å². The fraction of sp³-hybridized carbons (Fsp3) is 0.533. The molecule has 2 atom stereocenters. The number of benzene rings is 1. The Morgan fingerprint density at radius 2 is 2.21 bits per heavy atom. The Hall–Kier alpha value is -1.55. The van der Waals surface area contributed by atoms with E-state index in [0.717, 1.165) is 24.2 Å². The lowest BCUT2D eigenvalue weighted by Gasteiger charge is -2.17. The van der Waals surface area contributed by atoms with Crippen molar-refractivity contribution < 1.29 is 9.53 Å². The summed E-state index contributed by atoms with van der Waals surface area (Å²) in [7, 11) is 1.63. The Bertz CT molecular complexity index is 407. The average molecular weight is 264 g/mol. The smallest absolute Gasteiger partial charge is 0.222 e. The molecule has 1 amide bonds. The second-order valence-electron chi connectivity index (χ2n) is 4.82. The van der Waals surface area contributed by atoms with Crippen LogP contribution in [-0.2, 0) is 4.79 Å². The molecule has 0 fully saturated rings. The summed E-state index contributed by atoms with van der Waals surface area (Å²) in [5.41, 5.74) is 6.89. The van der Waals surface area contributed by atoms with E-state index in [0.29, 0.717) is 6.42 Å². The Balaban J connectivity index is 2.53. The molecule has 1 aromatic carbocycles. The van der Waals surface area contributed by atoms with E-state index >= 15 is 0 Å². The van der Waals surface area contributed by atoms with E-state index < -0.39 is 0 Å².